The predicted molar refractivity (Wildman–Crippen MR) is 92.3 cm³/mol. The lowest BCUT2D eigenvalue weighted by Crippen LogP contribution is -2.39. The molecule has 0 spiro atoms. The van der Waals surface area contributed by atoms with Gasteiger partial charge in [0.25, 0.3) is 0 Å². The van der Waals surface area contributed by atoms with Crippen molar-refractivity contribution in [1.29, 1.82) is 0 Å². The van der Waals surface area contributed by atoms with E-state index in [4.69, 9.17) is 10.5 Å². The molecular formula is C17H19N5O3. The van der Waals surface area contributed by atoms with Crippen LogP contribution in [0.2, 0.25) is 0 Å². The summed E-state index contributed by atoms with van der Waals surface area (Å²) in [6.07, 6.45) is 0.0986. The molecule has 1 aliphatic rings. The zero-order chi connectivity index (χ0) is 18.1. The summed E-state index contributed by atoms with van der Waals surface area (Å²) in [5, 5.41) is 9.94. The number of aryl methyl sites for hydroxylation is 2. The molecule has 0 saturated carbocycles. The molecule has 3 rings (SSSR count). The SMILES string of the molecule is Cc1nn(C)c(C)c1OC(=O)C1=NN(c2ccccc2)C(C(N)=O)C1. The normalized spacial score (nSPS) is 16.7. The molecule has 1 aliphatic heterocycles. The van der Waals surface area contributed by atoms with E-state index in [1.165, 1.54) is 5.01 Å². The van der Waals surface area contributed by atoms with Gasteiger partial charge >= 0.3 is 5.97 Å². The largest absolute Gasteiger partial charge is 0.418 e. The van der Waals surface area contributed by atoms with Crippen molar-refractivity contribution >= 4 is 23.3 Å². The van der Waals surface area contributed by atoms with E-state index in [0.29, 0.717) is 17.1 Å². The van der Waals surface area contributed by atoms with Gasteiger partial charge in [-0.3, -0.25) is 14.5 Å². The molecule has 0 bridgehead atoms. The number of nitrogens with two attached hydrogens (primary N) is 1. The van der Waals surface area contributed by atoms with Gasteiger partial charge in [0.1, 0.15) is 17.4 Å². The predicted octanol–water partition coefficient (Wildman–Crippen LogP) is 1.06. The van der Waals surface area contributed by atoms with Gasteiger partial charge in [-0.25, -0.2) is 4.79 Å². The van der Waals surface area contributed by atoms with Crippen LogP contribution in [0.1, 0.15) is 17.8 Å². The Balaban J connectivity index is 1.86. The molecule has 2 N–H and O–H groups in total. The molecule has 1 atom stereocenters. The number of benzene rings is 1. The molecule has 0 saturated heterocycles. The third kappa shape index (κ3) is 3.10. The number of hydrogen-bond acceptors (Lipinski definition) is 6. The van der Waals surface area contributed by atoms with E-state index < -0.39 is 17.9 Å². The molecule has 0 aliphatic carbocycles. The average Bonchev–Trinajstić information content (AvgIpc) is 3.13. The number of hydrazone groups is 1. The summed E-state index contributed by atoms with van der Waals surface area (Å²) in [4.78, 5) is 24.3. The molecule has 1 aromatic carbocycles. The van der Waals surface area contributed by atoms with E-state index in [2.05, 4.69) is 10.2 Å². The number of rotatable bonds is 4. The van der Waals surface area contributed by atoms with Crippen molar-refractivity contribution < 1.29 is 14.3 Å². The zero-order valence-corrected chi connectivity index (χ0v) is 14.3. The fourth-order valence-corrected chi connectivity index (χ4v) is 2.73. The lowest BCUT2D eigenvalue weighted by atomic mass is 10.1. The fourth-order valence-electron chi connectivity index (χ4n) is 2.73. The second-order valence-electron chi connectivity index (χ2n) is 5.86. The molecule has 2 aromatic rings. The van der Waals surface area contributed by atoms with Crippen molar-refractivity contribution in [3.63, 3.8) is 0 Å². The lowest BCUT2D eigenvalue weighted by Gasteiger charge is -2.20. The minimum absolute atomic E-state index is 0.0986. The maximum Gasteiger partial charge on any atom is 0.360 e. The Kier molecular flexibility index (Phi) is 4.26. The van der Waals surface area contributed by atoms with Crippen molar-refractivity contribution in [2.45, 2.75) is 26.3 Å². The van der Waals surface area contributed by atoms with Gasteiger partial charge in [-0.05, 0) is 26.0 Å². The van der Waals surface area contributed by atoms with E-state index in [0.717, 1.165) is 5.69 Å². The summed E-state index contributed by atoms with van der Waals surface area (Å²) >= 11 is 0. The van der Waals surface area contributed by atoms with E-state index in [9.17, 15) is 9.59 Å². The molecule has 25 heavy (non-hydrogen) atoms. The molecule has 1 amide bonds. The van der Waals surface area contributed by atoms with Gasteiger partial charge in [0.05, 0.1) is 11.4 Å². The number of anilines is 1. The summed E-state index contributed by atoms with van der Waals surface area (Å²) in [6.45, 7) is 3.57. The van der Waals surface area contributed by atoms with Gasteiger partial charge < -0.3 is 10.5 Å². The first-order valence-corrected chi connectivity index (χ1v) is 7.82. The second-order valence-corrected chi connectivity index (χ2v) is 5.86. The lowest BCUT2D eigenvalue weighted by molar-refractivity contribution is -0.127. The van der Waals surface area contributed by atoms with Crippen LogP contribution in [0.4, 0.5) is 5.69 Å². The Morgan fingerprint density at radius 3 is 2.48 bits per heavy atom. The maximum absolute atomic E-state index is 12.5. The number of hydrogen-bond donors (Lipinski definition) is 1. The Hall–Kier alpha value is -3.16. The summed E-state index contributed by atoms with van der Waals surface area (Å²) in [6, 6.07) is 8.36. The molecule has 130 valence electrons. The number of esters is 1. The topological polar surface area (TPSA) is 103 Å². The van der Waals surface area contributed by atoms with E-state index in [1.54, 1.807) is 30.8 Å². The summed E-state index contributed by atoms with van der Waals surface area (Å²) in [7, 11) is 1.77. The molecule has 0 radical (unpaired) electrons. The number of carbonyl (C=O) groups is 2. The minimum Gasteiger partial charge on any atom is -0.418 e. The second kappa shape index (κ2) is 6.39. The van der Waals surface area contributed by atoms with Crippen LogP contribution < -0.4 is 15.5 Å². The highest BCUT2D eigenvalue weighted by Crippen LogP contribution is 2.26. The molecular weight excluding hydrogens is 322 g/mol. The van der Waals surface area contributed by atoms with Crippen molar-refractivity contribution in [3.05, 3.63) is 41.7 Å². The van der Waals surface area contributed by atoms with Crippen LogP contribution in [-0.4, -0.2) is 33.4 Å². The summed E-state index contributed by atoms with van der Waals surface area (Å²) < 4.78 is 7.10. The van der Waals surface area contributed by atoms with Crippen LogP contribution >= 0.6 is 0 Å². The highest BCUT2D eigenvalue weighted by molar-refractivity contribution is 6.38. The Labute approximate surface area is 144 Å². The molecule has 1 aromatic heterocycles. The Morgan fingerprint density at radius 2 is 1.92 bits per heavy atom. The smallest absolute Gasteiger partial charge is 0.360 e. The summed E-state index contributed by atoms with van der Waals surface area (Å²) in [5.41, 5.74) is 7.65. The number of primary amides is 1. The van der Waals surface area contributed by atoms with Gasteiger partial charge in [-0.15, -0.1) is 0 Å². The molecule has 1 unspecified atom stereocenters. The maximum atomic E-state index is 12.5. The number of carbonyl (C=O) groups excluding carboxylic acids is 2. The van der Waals surface area contributed by atoms with Gasteiger partial charge in [0.15, 0.2) is 5.75 Å². The standard InChI is InChI=1S/C17H19N5O3/c1-10-15(11(2)21(3)19-10)25-17(24)13-9-14(16(18)23)22(20-13)12-7-5-4-6-8-12/h4-8,14H,9H2,1-3H3,(H2,18,23). The van der Waals surface area contributed by atoms with Crippen molar-refractivity contribution in [2.75, 3.05) is 5.01 Å². The monoisotopic (exact) mass is 341 g/mol. The van der Waals surface area contributed by atoms with Gasteiger partial charge in [-0.2, -0.15) is 10.2 Å². The number of para-hydroxylation sites is 1. The zero-order valence-electron chi connectivity index (χ0n) is 14.3. The first-order chi connectivity index (χ1) is 11.9. The van der Waals surface area contributed by atoms with Crippen molar-refractivity contribution in [3.8, 4) is 5.75 Å². The van der Waals surface area contributed by atoms with E-state index in [1.807, 2.05) is 25.1 Å². The van der Waals surface area contributed by atoms with Crippen molar-refractivity contribution in [2.24, 2.45) is 17.9 Å². The van der Waals surface area contributed by atoms with Gasteiger partial charge in [0.2, 0.25) is 5.91 Å². The molecule has 2 heterocycles. The quantitative estimate of drug-likeness (QED) is 0.838. The number of ether oxygens (including phenoxy) is 1. The third-order valence-electron chi connectivity index (χ3n) is 4.13. The van der Waals surface area contributed by atoms with Gasteiger partial charge in [-0.1, -0.05) is 18.2 Å². The van der Waals surface area contributed by atoms with Crippen LogP contribution in [0, 0.1) is 13.8 Å². The molecule has 8 nitrogen and oxygen atoms in total. The highest BCUT2D eigenvalue weighted by atomic mass is 16.5. The van der Waals surface area contributed by atoms with Gasteiger partial charge in [0, 0.05) is 13.5 Å². The number of amides is 1. The van der Waals surface area contributed by atoms with Crippen LogP contribution in [0.3, 0.4) is 0 Å². The number of nitrogens with zero attached hydrogens (tertiary/aromatic N) is 4. The van der Waals surface area contributed by atoms with E-state index >= 15 is 0 Å². The fraction of sp³-hybridized carbons (Fsp3) is 0.294. The van der Waals surface area contributed by atoms with Crippen LogP contribution in [0.25, 0.3) is 0 Å². The minimum atomic E-state index is -0.721. The van der Waals surface area contributed by atoms with Crippen LogP contribution in [-0.2, 0) is 16.6 Å². The molecule has 8 heteroatoms. The molecule has 0 fully saturated rings. The summed E-state index contributed by atoms with van der Waals surface area (Å²) in [5.74, 6) is -0.753. The number of aromatic nitrogens is 2. The van der Waals surface area contributed by atoms with Crippen LogP contribution in [0.15, 0.2) is 35.4 Å². The average molecular weight is 341 g/mol. The van der Waals surface area contributed by atoms with Crippen LogP contribution in [0.5, 0.6) is 5.75 Å². The first-order valence-electron chi connectivity index (χ1n) is 7.82. The van der Waals surface area contributed by atoms with E-state index in [-0.39, 0.29) is 12.1 Å². The Morgan fingerprint density at radius 1 is 1.24 bits per heavy atom. The van der Waals surface area contributed by atoms with Crippen molar-refractivity contribution in [1.82, 2.24) is 9.78 Å². The highest BCUT2D eigenvalue weighted by Gasteiger charge is 2.36. The first kappa shape index (κ1) is 16.7. The Bertz CT molecular complexity index is 857. The third-order valence-corrected chi connectivity index (χ3v) is 4.13.